The van der Waals surface area contributed by atoms with Gasteiger partial charge in [-0.2, -0.15) is 13.2 Å². The maximum absolute atomic E-state index is 13.5. The van der Waals surface area contributed by atoms with Crippen LogP contribution in [0.15, 0.2) is 66.9 Å². The summed E-state index contributed by atoms with van der Waals surface area (Å²) >= 11 is 0. The van der Waals surface area contributed by atoms with Gasteiger partial charge in [0.1, 0.15) is 6.04 Å². The third-order valence-corrected chi connectivity index (χ3v) is 7.37. The van der Waals surface area contributed by atoms with Gasteiger partial charge in [-0.05, 0) is 62.1 Å². The highest BCUT2D eigenvalue weighted by Gasteiger charge is 2.37. The third kappa shape index (κ3) is 5.48. The third-order valence-electron chi connectivity index (χ3n) is 7.37. The average Bonchev–Trinajstić information content (AvgIpc) is 3.23. The summed E-state index contributed by atoms with van der Waals surface area (Å²) in [7, 11) is 0. The molecule has 3 aromatic rings. The summed E-state index contributed by atoms with van der Waals surface area (Å²) in [6.45, 7) is 5.21. The van der Waals surface area contributed by atoms with E-state index in [4.69, 9.17) is 0 Å². The Morgan fingerprint density at radius 3 is 2.55 bits per heavy atom. The molecule has 2 aliphatic heterocycles. The lowest BCUT2D eigenvalue weighted by Crippen LogP contribution is -2.51. The molecule has 5 rings (SSSR count). The van der Waals surface area contributed by atoms with Crippen molar-refractivity contribution in [2.45, 2.75) is 57.7 Å². The van der Waals surface area contributed by atoms with E-state index >= 15 is 0 Å². The van der Waals surface area contributed by atoms with Gasteiger partial charge in [0.2, 0.25) is 5.91 Å². The number of fused-ring (bicyclic) bond motifs is 1. The van der Waals surface area contributed by atoms with E-state index in [2.05, 4.69) is 32.3 Å². The zero-order valence-corrected chi connectivity index (χ0v) is 21.5. The second-order valence-corrected chi connectivity index (χ2v) is 10.1. The van der Waals surface area contributed by atoms with Crippen LogP contribution >= 0.6 is 0 Å². The predicted molar refractivity (Wildman–Crippen MR) is 142 cm³/mol. The van der Waals surface area contributed by atoms with E-state index in [0.29, 0.717) is 24.2 Å². The van der Waals surface area contributed by atoms with E-state index < -0.39 is 17.8 Å². The number of halogens is 3. The van der Waals surface area contributed by atoms with Gasteiger partial charge in [-0.1, -0.05) is 42.0 Å². The molecule has 2 atom stereocenters. The van der Waals surface area contributed by atoms with Crippen LogP contribution in [0.25, 0.3) is 0 Å². The molecule has 38 heavy (non-hydrogen) atoms. The van der Waals surface area contributed by atoms with Crippen LogP contribution in [-0.4, -0.2) is 41.1 Å². The number of benzene rings is 2. The van der Waals surface area contributed by atoms with Gasteiger partial charge >= 0.3 is 6.18 Å². The first-order chi connectivity index (χ1) is 18.2. The Hall–Kier alpha value is -3.59. The molecule has 0 bridgehead atoms. The van der Waals surface area contributed by atoms with E-state index in [1.54, 1.807) is 13.0 Å². The van der Waals surface area contributed by atoms with E-state index in [1.807, 2.05) is 48.7 Å². The SMILES string of the molecule is Cc1cc(CNC(=O)C(c2ccccc2)N2CCC(N3c4ncccc4NC3C)CC2)cc(C(F)(F)F)c1. The number of likely N-dealkylation sites (tertiary alicyclic amines) is 1. The van der Waals surface area contributed by atoms with Crippen LogP contribution in [0.3, 0.4) is 0 Å². The quantitative estimate of drug-likeness (QED) is 0.446. The number of anilines is 2. The predicted octanol–water partition coefficient (Wildman–Crippen LogP) is 5.51. The van der Waals surface area contributed by atoms with Crippen molar-refractivity contribution in [3.8, 4) is 0 Å². The first-order valence-electron chi connectivity index (χ1n) is 12.9. The highest BCUT2D eigenvalue weighted by atomic mass is 19.4. The molecule has 2 N–H and O–H groups in total. The van der Waals surface area contributed by atoms with E-state index in [0.717, 1.165) is 42.0 Å². The number of carbonyl (C=O) groups excluding carboxylic acids is 1. The van der Waals surface area contributed by atoms with Crippen molar-refractivity contribution in [3.05, 3.63) is 89.1 Å². The molecule has 0 spiro atoms. The molecule has 200 valence electrons. The molecule has 2 unspecified atom stereocenters. The minimum atomic E-state index is -4.43. The maximum Gasteiger partial charge on any atom is 0.416 e. The fourth-order valence-electron chi connectivity index (χ4n) is 5.68. The largest absolute Gasteiger partial charge is 0.416 e. The lowest BCUT2D eigenvalue weighted by molar-refractivity contribution is -0.137. The fourth-order valence-corrected chi connectivity index (χ4v) is 5.68. The summed E-state index contributed by atoms with van der Waals surface area (Å²) in [5.41, 5.74) is 2.14. The summed E-state index contributed by atoms with van der Waals surface area (Å²) in [4.78, 5) is 22.6. The monoisotopic (exact) mass is 523 g/mol. The molecule has 6 nitrogen and oxygen atoms in total. The van der Waals surface area contributed by atoms with Crippen LogP contribution in [0.5, 0.6) is 0 Å². The van der Waals surface area contributed by atoms with Crippen molar-refractivity contribution < 1.29 is 18.0 Å². The van der Waals surface area contributed by atoms with Gasteiger partial charge in [-0.15, -0.1) is 0 Å². The first kappa shape index (κ1) is 26.0. The van der Waals surface area contributed by atoms with E-state index in [9.17, 15) is 18.0 Å². The first-order valence-corrected chi connectivity index (χ1v) is 12.9. The molecule has 0 radical (unpaired) electrons. The molecular weight excluding hydrogens is 491 g/mol. The van der Waals surface area contributed by atoms with Crippen molar-refractivity contribution >= 4 is 17.4 Å². The Balaban J connectivity index is 1.30. The fraction of sp³-hybridized carbons (Fsp3) is 0.379. The second-order valence-electron chi connectivity index (χ2n) is 10.1. The maximum atomic E-state index is 13.5. The molecule has 0 aliphatic carbocycles. The number of pyridine rings is 1. The molecule has 0 saturated carbocycles. The van der Waals surface area contributed by atoms with E-state index in [1.165, 1.54) is 0 Å². The topological polar surface area (TPSA) is 60.5 Å². The average molecular weight is 524 g/mol. The Labute approximate surface area is 220 Å². The normalized spacial score (nSPS) is 19.1. The Morgan fingerprint density at radius 2 is 1.84 bits per heavy atom. The number of aromatic nitrogens is 1. The van der Waals surface area contributed by atoms with Gasteiger partial charge in [0.25, 0.3) is 0 Å². The lowest BCUT2D eigenvalue weighted by Gasteiger charge is -2.41. The molecule has 3 heterocycles. The summed E-state index contributed by atoms with van der Waals surface area (Å²) in [6, 6.07) is 17.2. The zero-order valence-electron chi connectivity index (χ0n) is 21.5. The summed E-state index contributed by atoms with van der Waals surface area (Å²) in [5, 5.41) is 6.40. The van der Waals surface area contributed by atoms with Crippen molar-refractivity contribution in [2.24, 2.45) is 0 Å². The molecule has 9 heteroatoms. The van der Waals surface area contributed by atoms with Gasteiger partial charge in [0, 0.05) is 31.9 Å². The van der Waals surface area contributed by atoms with Crippen molar-refractivity contribution in [1.82, 2.24) is 15.2 Å². The molecule has 1 aromatic heterocycles. The Morgan fingerprint density at radius 1 is 1.11 bits per heavy atom. The Kier molecular flexibility index (Phi) is 7.29. The summed E-state index contributed by atoms with van der Waals surface area (Å²) < 4.78 is 39.9. The Bertz CT molecular complexity index is 1270. The zero-order chi connectivity index (χ0) is 26.9. The number of amides is 1. The van der Waals surface area contributed by atoms with Crippen LogP contribution in [0, 0.1) is 6.92 Å². The number of nitrogens with zero attached hydrogens (tertiary/aromatic N) is 3. The van der Waals surface area contributed by atoms with Crippen molar-refractivity contribution in [3.63, 3.8) is 0 Å². The minimum absolute atomic E-state index is 0.0306. The number of hydrogen-bond donors (Lipinski definition) is 2. The number of piperidine rings is 1. The molecular formula is C29H32F3N5O. The number of nitrogens with one attached hydrogen (secondary N) is 2. The highest BCUT2D eigenvalue weighted by molar-refractivity contribution is 5.83. The van der Waals surface area contributed by atoms with Gasteiger partial charge in [0.05, 0.1) is 17.4 Å². The number of carbonyl (C=O) groups is 1. The van der Waals surface area contributed by atoms with Gasteiger partial charge in [-0.3, -0.25) is 9.69 Å². The van der Waals surface area contributed by atoms with Crippen LogP contribution in [0.4, 0.5) is 24.7 Å². The highest BCUT2D eigenvalue weighted by Crippen LogP contribution is 2.37. The van der Waals surface area contributed by atoms with Crippen LogP contribution in [-0.2, 0) is 17.5 Å². The number of rotatable bonds is 6. The summed E-state index contributed by atoms with van der Waals surface area (Å²) in [5.74, 6) is 0.750. The minimum Gasteiger partial charge on any atom is -0.362 e. The molecule has 1 amide bonds. The standard InChI is InChI=1S/C29H32F3N5O/c1-19-15-21(17-23(16-19)29(30,31)32)18-34-28(38)26(22-7-4-3-5-8-22)36-13-10-24(11-14-36)37-20(2)35-25-9-6-12-33-27(25)37/h3-9,12,15-17,20,24,26,35H,10-11,13-14,18H2,1-2H3,(H,34,38). The molecule has 1 fully saturated rings. The molecule has 2 aliphatic rings. The van der Waals surface area contributed by atoms with E-state index in [-0.39, 0.29) is 24.7 Å². The van der Waals surface area contributed by atoms with Crippen LogP contribution in [0.2, 0.25) is 0 Å². The van der Waals surface area contributed by atoms with Gasteiger partial charge in [0.15, 0.2) is 5.82 Å². The second kappa shape index (κ2) is 10.6. The van der Waals surface area contributed by atoms with Crippen LogP contribution < -0.4 is 15.5 Å². The molecule has 1 saturated heterocycles. The van der Waals surface area contributed by atoms with Crippen LogP contribution in [0.1, 0.15) is 48.1 Å². The lowest BCUT2D eigenvalue weighted by atomic mass is 9.97. The number of aryl methyl sites for hydroxylation is 1. The van der Waals surface area contributed by atoms with Gasteiger partial charge < -0.3 is 15.5 Å². The smallest absolute Gasteiger partial charge is 0.362 e. The number of hydrogen-bond acceptors (Lipinski definition) is 5. The summed E-state index contributed by atoms with van der Waals surface area (Å²) in [6.07, 6.45) is -0.750. The van der Waals surface area contributed by atoms with Crippen molar-refractivity contribution in [1.29, 1.82) is 0 Å². The number of alkyl halides is 3. The van der Waals surface area contributed by atoms with Crippen molar-refractivity contribution in [2.75, 3.05) is 23.3 Å². The molecule has 2 aromatic carbocycles. The van der Waals surface area contributed by atoms with Gasteiger partial charge in [-0.25, -0.2) is 4.98 Å².